The minimum Gasteiger partial charge on any atom is -0.333 e. The monoisotopic (exact) mass is 249 g/mol. The Hall–Kier alpha value is -1.32. The Bertz CT molecular complexity index is 476. The van der Waals surface area contributed by atoms with Gasteiger partial charge in [0.2, 0.25) is 0 Å². The van der Waals surface area contributed by atoms with Crippen LogP contribution in [0.15, 0.2) is 36.7 Å². The molecule has 0 amide bonds. The molecule has 0 radical (unpaired) electrons. The topological polar surface area (TPSA) is 43.8 Å². The average Bonchev–Trinajstić information content (AvgIpc) is 2.78. The summed E-state index contributed by atoms with van der Waals surface area (Å²) < 4.78 is 2.10. The van der Waals surface area contributed by atoms with E-state index in [-0.39, 0.29) is 6.04 Å². The van der Waals surface area contributed by atoms with Crippen molar-refractivity contribution in [1.82, 2.24) is 9.55 Å². The molecule has 1 atom stereocenters. The number of benzene rings is 1. The van der Waals surface area contributed by atoms with Crippen molar-refractivity contribution in [3.05, 3.63) is 53.1 Å². The van der Waals surface area contributed by atoms with Crippen LogP contribution in [-0.2, 0) is 6.54 Å². The van der Waals surface area contributed by atoms with E-state index in [1.54, 1.807) is 6.20 Å². The Morgan fingerprint density at radius 3 is 2.71 bits per heavy atom. The number of imidazole rings is 1. The highest BCUT2D eigenvalue weighted by Gasteiger charge is 2.14. The predicted octanol–water partition coefficient (Wildman–Crippen LogP) is 2.99. The fraction of sp³-hybridized carbons (Fsp3) is 0.308. The lowest BCUT2D eigenvalue weighted by atomic mass is 10.1. The van der Waals surface area contributed by atoms with Crippen LogP contribution in [0.1, 0.15) is 30.8 Å². The van der Waals surface area contributed by atoms with Gasteiger partial charge in [0.25, 0.3) is 0 Å². The van der Waals surface area contributed by atoms with E-state index < -0.39 is 0 Å². The maximum Gasteiger partial charge on any atom is 0.130 e. The molecule has 3 nitrogen and oxygen atoms in total. The average molecular weight is 250 g/mol. The molecule has 1 aromatic heterocycles. The number of nitrogens with two attached hydrogens (primary N) is 1. The molecule has 1 unspecified atom stereocenters. The second-order valence-electron chi connectivity index (χ2n) is 4.01. The van der Waals surface area contributed by atoms with Gasteiger partial charge in [-0.3, -0.25) is 0 Å². The van der Waals surface area contributed by atoms with Crippen LogP contribution in [0.5, 0.6) is 0 Å². The predicted molar refractivity (Wildman–Crippen MR) is 70.0 cm³/mol. The van der Waals surface area contributed by atoms with Crippen molar-refractivity contribution in [1.29, 1.82) is 0 Å². The van der Waals surface area contributed by atoms with Gasteiger partial charge < -0.3 is 10.3 Å². The van der Waals surface area contributed by atoms with Crippen LogP contribution in [0, 0.1) is 0 Å². The van der Waals surface area contributed by atoms with E-state index in [0.29, 0.717) is 0 Å². The number of rotatable bonds is 4. The normalized spacial score (nSPS) is 12.6. The maximum atomic E-state index is 6.22. The first-order valence-corrected chi connectivity index (χ1v) is 6.12. The van der Waals surface area contributed by atoms with E-state index in [1.165, 1.54) is 0 Å². The van der Waals surface area contributed by atoms with Gasteiger partial charge in [0.15, 0.2) is 0 Å². The van der Waals surface area contributed by atoms with Crippen molar-refractivity contribution in [2.75, 3.05) is 0 Å². The summed E-state index contributed by atoms with van der Waals surface area (Å²) in [7, 11) is 0. The summed E-state index contributed by atoms with van der Waals surface area (Å²) in [6, 6.07) is 7.39. The summed E-state index contributed by atoms with van der Waals surface area (Å²) >= 11 is 5.86. The second kappa shape index (κ2) is 5.34. The molecule has 0 fully saturated rings. The first-order chi connectivity index (χ1) is 8.22. The van der Waals surface area contributed by atoms with Gasteiger partial charge in [0.1, 0.15) is 5.82 Å². The number of hydrogen-bond acceptors (Lipinski definition) is 2. The molecule has 17 heavy (non-hydrogen) atoms. The summed E-state index contributed by atoms with van der Waals surface area (Å²) in [5.41, 5.74) is 7.24. The summed E-state index contributed by atoms with van der Waals surface area (Å²) in [5.74, 6) is 0.897. The van der Waals surface area contributed by atoms with Gasteiger partial charge in [0, 0.05) is 24.0 Å². The summed E-state index contributed by atoms with van der Waals surface area (Å²) in [4.78, 5) is 4.34. The van der Waals surface area contributed by atoms with E-state index in [2.05, 4.69) is 16.5 Å². The number of aryl methyl sites for hydroxylation is 1. The minimum absolute atomic E-state index is 0.200. The summed E-state index contributed by atoms with van der Waals surface area (Å²) in [5, 5.41) is 0.720. The number of halogens is 1. The number of nitrogens with zero attached hydrogens (tertiary/aromatic N) is 2. The van der Waals surface area contributed by atoms with Crippen LogP contribution in [0.4, 0.5) is 0 Å². The van der Waals surface area contributed by atoms with Gasteiger partial charge in [-0.25, -0.2) is 4.98 Å². The number of aromatic nitrogens is 2. The molecule has 4 heteroatoms. The number of hydrogen-bond donors (Lipinski definition) is 1. The van der Waals surface area contributed by atoms with Crippen molar-refractivity contribution < 1.29 is 0 Å². The van der Waals surface area contributed by atoms with Gasteiger partial charge in [-0.2, -0.15) is 0 Å². The largest absolute Gasteiger partial charge is 0.333 e. The molecule has 1 aromatic carbocycles. The molecule has 0 aliphatic heterocycles. The molecule has 0 saturated carbocycles. The van der Waals surface area contributed by atoms with Gasteiger partial charge in [0.05, 0.1) is 6.04 Å². The Labute approximate surface area is 106 Å². The standard InChI is InChI=1S/C13H16ClN3/c1-2-8-17-9-7-16-13(17)12(15)10-3-5-11(14)6-4-10/h3-7,9,12H,2,8,15H2,1H3. The first-order valence-electron chi connectivity index (χ1n) is 5.74. The fourth-order valence-corrected chi connectivity index (χ4v) is 1.97. The lowest BCUT2D eigenvalue weighted by molar-refractivity contribution is 0.613. The smallest absolute Gasteiger partial charge is 0.130 e. The third-order valence-corrected chi connectivity index (χ3v) is 2.97. The molecule has 0 spiro atoms. The van der Waals surface area contributed by atoms with Gasteiger partial charge in [-0.1, -0.05) is 30.7 Å². The minimum atomic E-state index is -0.200. The molecule has 0 saturated heterocycles. The SMILES string of the molecule is CCCn1ccnc1C(N)c1ccc(Cl)cc1. The van der Waals surface area contributed by atoms with Gasteiger partial charge >= 0.3 is 0 Å². The summed E-state index contributed by atoms with van der Waals surface area (Å²) in [6.07, 6.45) is 4.83. The van der Waals surface area contributed by atoms with Crippen molar-refractivity contribution in [2.24, 2.45) is 5.73 Å². The molecule has 2 rings (SSSR count). The highest BCUT2D eigenvalue weighted by Crippen LogP contribution is 2.20. The molecule has 0 aliphatic rings. The highest BCUT2D eigenvalue weighted by molar-refractivity contribution is 6.30. The van der Waals surface area contributed by atoms with Crippen molar-refractivity contribution in [3.8, 4) is 0 Å². The third kappa shape index (κ3) is 2.68. The van der Waals surface area contributed by atoms with Crippen LogP contribution in [-0.4, -0.2) is 9.55 Å². The molecule has 0 bridgehead atoms. The van der Waals surface area contributed by atoms with Crippen LogP contribution in [0.3, 0.4) is 0 Å². The van der Waals surface area contributed by atoms with E-state index in [9.17, 15) is 0 Å². The van der Waals surface area contributed by atoms with E-state index in [0.717, 1.165) is 29.4 Å². The van der Waals surface area contributed by atoms with Crippen LogP contribution < -0.4 is 5.73 Å². The van der Waals surface area contributed by atoms with Crippen LogP contribution >= 0.6 is 11.6 Å². The van der Waals surface area contributed by atoms with Crippen molar-refractivity contribution >= 4 is 11.6 Å². The van der Waals surface area contributed by atoms with Crippen LogP contribution in [0.25, 0.3) is 0 Å². The van der Waals surface area contributed by atoms with Crippen molar-refractivity contribution in [3.63, 3.8) is 0 Å². The van der Waals surface area contributed by atoms with Gasteiger partial charge in [-0.05, 0) is 24.1 Å². The summed E-state index contributed by atoms with van der Waals surface area (Å²) in [6.45, 7) is 3.08. The Kier molecular flexibility index (Phi) is 3.82. The molecule has 2 aromatic rings. The van der Waals surface area contributed by atoms with E-state index in [1.807, 2.05) is 30.5 Å². The lowest BCUT2D eigenvalue weighted by Crippen LogP contribution is -2.17. The molecule has 1 heterocycles. The van der Waals surface area contributed by atoms with Crippen molar-refractivity contribution in [2.45, 2.75) is 25.9 Å². The lowest BCUT2D eigenvalue weighted by Gasteiger charge is -2.14. The maximum absolute atomic E-state index is 6.22. The Morgan fingerprint density at radius 1 is 1.35 bits per heavy atom. The molecule has 0 aliphatic carbocycles. The zero-order chi connectivity index (χ0) is 12.3. The van der Waals surface area contributed by atoms with Gasteiger partial charge in [-0.15, -0.1) is 0 Å². The Morgan fingerprint density at radius 2 is 2.06 bits per heavy atom. The van der Waals surface area contributed by atoms with E-state index >= 15 is 0 Å². The molecular weight excluding hydrogens is 234 g/mol. The molecular formula is C13H16ClN3. The first kappa shape index (κ1) is 12.1. The second-order valence-corrected chi connectivity index (χ2v) is 4.44. The third-order valence-electron chi connectivity index (χ3n) is 2.72. The highest BCUT2D eigenvalue weighted by atomic mass is 35.5. The zero-order valence-corrected chi connectivity index (χ0v) is 10.6. The zero-order valence-electron chi connectivity index (χ0n) is 9.81. The van der Waals surface area contributed by atoms with E-state index in [4.69, 9.17) is 17.3 Å². The Balaban J connectivity index is 2.26. The quantitative estimate of drug-likeness (QED) is 0.905. The molecule has 90 valence electrons. The fourth-order valence-electron chi connectivity index (χ4n) is 1.85. The molecule has 2 N–H and O–H groups in total. The van der Waals surface area contributed by atoms with Crippen LogP contribution in [0.2, 0.25) is 5.02 Å².